The number of alkyl halides is 12. The number of hydrogen-bond donors (Lipinski definition) is 1. The van der Waals surface area contributed by atoms with Gasteiger partial charge in [-0.2, -0.15) is 52.7 Å². The minimum atomic E-state index is -6.55. The number of thioether (sulfide) groups is 1. The number of amidine groups is 1. The third kappa shape index (κ3) is 4.29. The standard InChI is InChI=1S/C13H4F13N3S/c14-6(11(18,19)20)7-9(12(21,22)23,13(24,25)26)29-8(30-7)28-5-2-1-4(3-27-5)10(15,16)17/h1-3H,(H,27,28,29). The van der Waals surface area contributed by atoms with Gasteiger partial charge in [-0.1, -0.05) is 11.8 Å². The minimum Gasteiger partial charge on any atom is -0.319 e. The lowest BCUT2D eigenvalue weighted by atomic mass is 9.97. The van der Waals surface area contributed by atoms with Gasteiger partial charge in [-0.25, -0.2) is 14.4 Å². The maximum Gasteiger partial charge on any atom is 0.443 e. The van der Waals surface area contributed by atoms with Gasteiger partial charge in [0.05, 0.1) is 10.5 Å². The molecular formula is C13H4F13N3S. The first-order valence-electron chi connectivity index (χ1n) is 6.99. The molecule has 17 heteroatoms. The highest BCUT2D eigenvalue weighted by Crippen LogP contribution is 2.59. The van der Waals surface area contributed by atoms with E-state index in [9.17, 15) is 57.1 Å². The van der Waals surface area contributed by atoms with Gasteiger partial charge < -0.3 is 5.32 Å². The highest BCUT2D eigenvalue weighted by Gasteiger charge is 2.77. The molecular weight excluding hydrogens is 477 g/mol. The Morgan fingerprint density at radius 2 is 1.40 bits per heavy atom. The van der Waals surface area contributed by atoms with Gasteiger partial charge in [0.1, 0.15) is 5.82 Å². The zero-order valence-corrected chi connectivity index (χ0v) is 14.3. The maximum absolute atomic E-state index is 13.6. The van der Waals surface area contributed by atoms with Gasteiger partial charge in [0.2, 0.25) is 5.83 Å². The van der Waals surface area contributed by atoms with Crippen LogP contribution in [0.4, 0.5) is 62.9 Å². The number of nitrogens with zero attached hydrogens (tertiary/aromatic N) is 2. The molecule has 168 valence electrons. The Hall–Kier alpha value is -2.20. The van der Waals surface area contributed by atoms with E-state index < -0.39 is 69.3 Å². The van der Waals surface area contributed by atoms with Crippen LogP contribution >= 0.6 is 11.8 Å². The molecule has 0 saturated heterocycles. The fourth-order valence-corrected chi connectivity index (χ4v) is 3.23. The monoisotopic (exact) mass is 481 g/mol. The van der Waals surface area contributed by atoms with E-state index in [4.69, 9.17) is 0 Å². The summed E-state index contributed by atoms with van der Waals surface area (Å²) in [5.41, 5.74) is -6.92. The van der Waals surface area contributed by atoms with Crippen LogP contribution in [0.2, 0.25) is 0 Å². The summed E-state index contributed by atoms with van der Waals surface area (Å²) in [7, 11) is 0. The summed E-state index contributed by atoms with van der Waals surface area (Å²) < 4.78 is 168. The largest absolute Gasteiger partial charge is 0.443 e. The van der Waals surface area contributed by atoms with Crippen LogP contribution in [0.1, 0.15) is 5.56 Å². The number of rotatable bonds is 1. The number of halogens is 13. The van der Waals surface area contributed by atoms with Crippen molar-refractivity contribution in [3.05, 3.63) is 34.6 Å². The molecule has 0 bridgehead atoms. The van der Waals surface area contributed by atoms with Gasteiger partial charge in [-0.05, 0) is 12.1 Å². The van der Waals surface area contributed by atoms with Crippen molar-refractivity contribution in [1.82, 2.24) is 4.98 Å². The Bertz CT molecular complexity index is 845. The molecule has 1 aromatic heterocycles. The van der Waals surface area contributed by atoms with Crippen LogP contribution in [-0.4, -0.2) is 34.2 Å². The summed E-state index contributed by atoms with van der Waals surface area (Å²) in [5, 5.41) is 0.0992. The van der Waals surface area contributed by atoms with Crippen LogP contribution in [0.25, 0.3) is 0 Å². The normalized spacial score (nSPS) is 19.6. The Labute approximate surface area is 161 Å². The van der Waals surface area contributed by atoms with Crippen LogP contribution in [0.5, 0.6) is 0 Å². The molecule has 30 heavy (non-hydrogen) atoms. The summed E-state index contributed by atoms with van der Waals surface area (Å²) >= 11 is -0.968. The number of anilines is 1. The molecule has 0 fully saturated rings. The third-order valence-electron chi connectivity index (χ3n) is 3.39. The van der Waals surface area contributed by atoms with Crippen LogP contribution in [0, 0.1) is 0 Å². The smallest absolute Gasteiger partial charge is 0.319 e. The lowest BCUT2D eigenvalue weighted by molar-refractivity contribution is -0.280. The average molecular weight is 481 g/mol. The molecule has 1 aromatic rings. The van der Waals surface area contributed by atoms with Gasteiger partial charge in [0.15, 0.2) is 5.17 Å². The summed E-state index contributed by atoms with van der Waals surface area (Å²) in [4.78, 5) is 2.44. The van der Waals surface area contributed by atoms with Crippen LogP contribution in [0.3, 0.4) is 0 Å². The third-order valence-corrected chi connectivity index (χ3v) is 4.46. The topological polar surface area (TPSA) is 37.3 Å². The summed E-state index contributed by atoms with van der Waals surface area (Å²) in [5.74, 6) is -4.47. The van der Waals surface area contributed by atoms with Crippen molar-refractivity contribution < 1.29 is 57.1 Å². The number of aromatic nitrogens is 1. The number of nitrogens with one attached hydrogen (secondary N) is 1. The highest BCUT2D eigenvalue weighted by molar-refractivity contribution is 8.17. The molecule has 1 aliphatic heterocycles. The van der Waals surface area contributed by atoms with Crippen molar-refractivity contribution >= 4 is 22.7 Å². The zero-order valence-electron chi connectivity index (χ0n) is 13.4. The van der Waals surface area contributed by atoms with Crippen molar-refractivity contribution in [2.45, 2.75) is 30.2 Å². The Morgan fingerprint density at radius 3 is 1.77 bits per heavy atom. The van der Waals surface area contributed by atoms with Gasteiger partial charge in [0, 0.05) is 6.20 Å². The fraction of sp³-hybridized carbons (Fsp3) is 0.385. The molecule has 2 rings (SSSR count). The van der Waals surface area contributed by atoms with E-state index in [1.165, 1.54) is 0 Å². The average Bonchev–Trinajstić information content (AvgIpc) is 2.93. The molecule has 0 aromatic carbocycles. The Morgan fingerprint density at radius 1 is 0.867 bits per heavy atom. The first kappa shape index (κ1) is 24.1. The molecule has 2 heterocycles. The van der Waals surface area contributed by atoms with Gasteiger partial charge in [-0.15, -0.1) is 0 Å². The summed E-state index contributed by atoms with van der Waals surface area (Å²) in [6, 6.07) is 0.805. The molecule has 0 spiro atoms. The maximum atomic E-state index is 13.6. The molecule has 0 aliphatic carbocycles. The number of aliphatic imine (C=N–C) groups is 1. The van der Waals surface area contributed by atoms with Gasteiger partial charge in [0.25, 0.3) is 5.54 Å². The van der Waals surface area contributed by atoms with E-state index in [1.54, 1.807) is 5.32 Å². The molecule has 0 unspecified atom stereocenters. The fourth-order valence-electron chi connectivity index (χ4n) is 2.07. The van der Waals surface area contributed by atoms with Crippen LogP contribution in [0.15, 0.2) is 34.1 Å². The van der Waals surface area contributed by atoms with Crippen molar-refractivity contribution in [2.75, 3.05) is 5.32 Å². The van der Waals surface area contributed by atoms with E-state index >= 15 is 0 Å². The summed E-state index contributed by atoms with van der Waals surface area (Å²) in [6.45, 7) is 0. The molecule has 0 saturated carbocycles. The van der Waals surface area contributed by atoms with E-state index in [-0.39, 0.29) is 6.20 Å². The molecule has 0 atom stereocenters. The second-order valence-corrected chi connectivity index (χ2v) is 6.42. The molecule has 0 amide bonds. The highest BCUT2D eigenvalue weighted by atomic mass is 32.2. The predicted octanol–water partition coefficient (Wildman–Crippen LogP) is 6.22. The van der Waals surface area contributed by atoms with Crippen molar-refractivity contribution in [3.8, 4) is 0 Å². The lowest BCUT2D eigenvalue weighted by Gasteiger charge is -2.31. The Kier molecular flexibility index (Phi) is 5.77. The number of pyridine rings is 1. The first-order chi connectivity index (χ1) is 13.3. The SMILES string of the molecule is FC(=C1SC(Nc2ccc(C(F)(F)F)cn2)=NC1(C(F)(F)F)C(F)(F)F)C(F)(F)F. The van der Waals surface area contributed by atoms with E-state index in [2.05, 4.69) is 9.98 Å². The first-order valence-corrected chi connectivity index (χ1v) is 7.81. The predicted molar refractivity (Wildman–Crippen MR) is 76.9 cm³/mol. The quantitative estimate of drug-likeness (QED) is 0.484. The van der Waals surface area contributed by atoms with Crippen molar-refractivity contribution in [2.24, 2.45) is 4.99 Å². The van der Waals surface area contributed by atoms with E-state index in [1.807, 2.05) is 0 Å². The van der Waals surface area contributed by atoms with Gasteiger partial charge >= 0.3 is 24.7 Å². The van der Waals surface area contributed by atoms with Crippen molar-refractivity contribution in [3.63, 3.8) is 0 Å². The molecule has 0 radical (unpaired) electrons. The minimum absolute atomic E-state index is 0.149. The second kappa shape index (κ2) is 7.19. The second-order valence-electron chi connectivity index (χ2n) is 5.42. The lowest BCUT2D eigenvalue weighted by Crippen LogP contribution is -2.55. The van der Waals surface area contributed by atoms with Gasteiger partial charge in [-0.3, -0.25) is 0 Å². The van der Waals surface area contributed by atoms with E-state index in [0.717, 1.165) is 0 Å². The molecule has 3 nitrogen and oxygen atoms in total. The summed E-state index contributed by atoms with van der Waals surface area (Å²) in [6.07, 6.45) is -24.0. The van der Waals surface area contributed by atoms with Crippen LogP contribution in [-0.2, 0) is 6.18 Å². The molecule has 1 N–H and O–H groups in total. The zero-order chi connectivity index (χ0) is 23.3. The molecule has 1 aliphatic rings. The van der Waals surface area contributed by atoms with E-state index in [0.29, 0.717) is 12.1 Å². The number of allylic oxidation sites excluding steroid dienone is 1. The van der Waals surface area contributed by atoms with Crippen molar-refractivity contribution in [1.29, 1.82) is 0 Å². The van der Waals surface area contributed by atoms with Crippen LogP contribution < -0.4 is 5.32 Å². The Balaban J connectivity index is 2.58. The number of hydrogen-bond acceptors (Lipinski definition) is 4.